The van der Waals surface area contributed by atoms with E-state index in [9.17, 15) is 9.59 Å². The van der Waals surface area contributed by atoms with Crippen LogP contribution in [0.2, 0.25) is 0 Å². The van der Waals surface area contributed by atoms with Crippen molar-refractivity contribution in [1.82, 2.24) is 10.8 Å². The number of carbonyl (C=O) groups is 2. The van der Waals surface area contributed by atoms with Crippen molar-refractivity contribution in [1.29, 1.82) is 0 Å². The van der Waals surface area contributed by atoms with Crippen LogP contribution in [0.5, 0.6) is 0 Å². The average Bonchev–Trinajstić information content (AvgIpc) is 2.70. The van der Waals surface area contributed by atoms with Gasteiger partial charge in [-0.1, -0.05) is 31.0 Å². The number of hydrogen-bond acceptors (Lipinski definition) is 4. The summed E-state index contributed by atoms with van der Waals surface area (Å²) in [6, 6.07) is 13.6. The lowest BCUT2D eigenvalue weighted by Crippen LogP contribution is -2.24. The molecule has 4 N–H and O–H groups in total. The summed E-state index contributed by atoms with van der Waals surface area (Å²) in [7, 11) is 0. The number of aryl methyl sites for hydroxylation is 2. The third-order valence-corrected chi connectivity index (χ3v) is 4.64. The zero-order valence-electron chi connectivity index (χ0n) is 16.5. The van der Waals surface area contributed by atoms with Crippen molar-refractivity contribution in [2.24, 2.45) is 0 Å². The number of hydroxylamine groups is 1. The van der Waals surface area contributed by atoms with Crippen LogP contribution in [0.1, 0.15) is 53.6 Å². The normalized spacial score (nSPS) is 10.4. The molecule has 0 atom stereocenters. The summed E-state index contributed by atoms with van der Waals surface area (Å²) in [6.45, 7) is 4.74. The van der Waals surface area contributed by atoms with Crippen LogP contribution in [-0.2, 0) is 4.79 Å². The summed E-state index contributed by atoms with van der Waals surface area (Å²) < 4.78 is 0. The van der Waals surface area contributed by atoms with E-state index in [-0.39, 0.29) is 11.8 Å². The molecule has 0 saturated heterocycles. The fraction of sp³-hybridized carbons (Fsp3) is 0.364. The molecule has 0 spiro atoms. The van der Waals surface area contributed by atoms with Gasteiger partial charge in [0.1, 0.15) is 0 Å². The molecule has 0 saturated carbocycles. The molecule has 0 radical (unpaired) electrons. The topological polar surface area (TPSA) is 90.5 Å². The van der Waals surface area contributed by atoms with E-state index in [2.05, 4.69) is 36.6 Å². The van der Waals surface area contributed by atoms with Crippen molar-refractivity contribution >= 4 is 23.2 Å². The Kier molecular flexibility index (Phi) is 8.49. The van der Waals surface area contributed by atoms with Crippen molar-refractivity contribution < 1.29 is 14.8 Å². The Morgan fingerprint density at radius 2 is 1.54 bits per heavy atom. The van der Waals surface area contributed by atoms with Gasteiger partial charge in [-0.05, 0) is 62.1 Å². The van der Waals surface area contributed by atoms with Crippen LogP contribution < -0.4 is 16.1 Å². The molecular formula is C22H29N3O3. The van der Waals surface area contributed by atoms with E-state index in [1.54, 1.807) is 5.48 Å². The minimum atomic E-state index is -0.358. The number of nitrogens with one attached hydrogen (secondary N) is 3. The number of benzene rings is 2. The van der Waals surface area contributed by atoms with E-state index < -0.39 is 0 Å². The molecule has 0 bridgehead atoms. The second kappa shape index (κ2) is 11.1. The van der Waals surface area contributed by atoms with Crippen molar-refractivity contribution in [3.63, 3.8) is 0 Å². The van der Waals surface area contributed by atoms with Gasteiger partial charge in [-0.25, -0.2) is 5.48 Å². The molecule has 0 aromatic heterocycles. The zero-order valence-corrected chi connectivity index (χ0v) is 16.5. The van der Waals surface area contributed by atoms with Crippen molar-refractivity contribution in [3.05, 3.63) is 59.2 Å². The number of unbranched alkanes of at least 4 members (excludes halogenated alkanes) is 3. The van der Waals surface area contributed by atoms with E-state index in [0.29, 0.717) is 18.5 Å². The molecule has 0 heterocycles. The Bertz CT molecular complexity index is 768. The minimum Gasteiger partial charge on any atom is -0.355 e. The number of hydrogen-bond donors (Lipinski definition) is 4. The van der Waals surface area contributed by atoms with Gasteiger partial charge in [-0.15, -0.1) is 0 Å². The maximum atomic E-state index is 12.2. The molecule has 6 heteroatoms. The molecule has 28 heavy (non-hydrogen) atoms. The highest BCUT2D eigenvalue weighted by atomic mass is 16.5. The Labute approximate surface area is 166 Å². The van der Waals surface area contributed by atoms with E-state index in [1.807, 2.05) is 30.3 Å². The second-order valence-electron chi connectivity index (χ2n) is 6.92. The van der Waals surface area contributed by atoms with Crippen LogP contribution in [0.15, 0.2) is 42.5 Å². The largest absolute Gasteiger partial charge is 0.355 e. The molecule has 150 valence electrons. The van der Waals surface area contributed by atoms with E-state index >= 15 is 0 Å². The first-order valence-electron chi connectivity index (χ1n) is 9.65. The van der Waals surface area contributed by atoms with Crippen molar-refractivity contribution in [2.45, 2.75) is 46.0 Å². The van der Waals surface area contributed by atoms with E-state index in [1.165, 1.54) is 11.1 Å². The van der Waals surface area contributed by atoms with Crippen LogP contribution in [0.4, 0.5) is 11.4 Å². The highest BCUT2D eigenvalue weighted by molar-refractivity contribution is 5.94. The summed E-state index contributed by atoms with van der Waals surface area (Å²) >= 11 is 0. The van der Waals surface area contributed by atoms with Gasteiger partial charge in [0, 0.05) is 29.9 Å². The molecule has 0 unspecified atom stereocenters. The molecule has 0 fully saturated rings. The highest BCUT2D eigenvalue weighted by Gasteiger charge is 2.06. The van der Waals surface area contributed by atoms with Gasteiger partial charge >= 0.3 is 0 Å². The standard InChI is InChI=1S/C22H29N3O3/c1-16-8-7-9-17(2)21(16)24-19-13-11-18(12-14-19)22(27)23-15-6-4-3-5-10-20(26)25-28/h7-9,11-14,24,28H,3-6,10,15H2,1-2H3,(H,23,27)(H,25,26). The Balaban J connectivity index is 1.74. The SMILES string of the molecule is Cc1cccc(C)c1Nc1ccc(C(=O)NCCCCCCC(=O)NO)cc1. The zero-order chi connectivity index (χ0) is 20.4. The maximum absolute atomic E-state index is 12.2. The number of anilines is 2. The van der Waals surface area contributed by atoms with Crippen molar-refractivity contribution in [3.8, 4) is 0 Å². The fourth-order valence-corrected chi connectivity index (χ4v) is 2.98. The summed E-state index contributed by atoms with van der Waals surface area (Å²) in [5.41, 5.74) is 6.65. The molecule has 6 nitrogen and oxygen atoms in total. The lowest BCUT2D eigenvalue weighted by Gasteiger charge is -2.13. The minimum absolute atomic E-state index is 0.0849. The predicted molar refractivity (Wildman–Crippen MR) is 111 cm³/mol. The van der Waals surface area contributed by atoms with E-state index in [4.69, 9.17) is 5.21 Å². The van der Waals surface area contributed by atoms with Gasteiger partial charge in [-0.2, -0.15) is 0 Å². The van der Waals surface area contributed by atoms with Gasteiger partial charge in [-0.3, -0.25) is 14.8 Å². The van der Waals surface area contributed by atoms with Crippen LogP contribution in [0.3, 0.4) is 0 Å². The number of rotatable bonds is 10. The highest BCUT2D eigenvalue weighted by Crippen LogP contribution is 2.24. The first-order valence-corrected chi connectivity index (χ1v) is 9.65. The summed E-state index contributed by atoms with van der Waals surface area (Å²) in [5, 5.41) is 14.7. The third kappa shape index (κ3) is 6.70. The monoisotopic (exact) mass is 383 g/mol. The Morgan fingerprint density at radius 1 is 0.893 bits per heavy atom. The molecule has 2 amide bonds. The first-order chi connectivity index (χ1) is 13.5. The lowest BCUT2D eigenvalue weighted by atomic mass is 10.1. The van der Waals surface area contributed by atoms with Gasteiger partial charge in [0.15, 0.2) is 0 Å². The van der Waals surface area contributed by atoms with Crippen LogP contribution >= 0.6 is 0 Å². The number of amides is 2. The molecule has 0 aliphatic rings. The smallest absolute Gasteiger partial charge is 0.251 e. The van der Waals surface area contributed by atoms with Gasteiger partial charge in [0.25, 0.3) is 5.91 Å². The lowest BCUT2D eigenvalue weighted by molar-refractivity contribution is -0.129. The van der Waals surface area contributed by atoms with Gasteiger partial charge in [0.05, 0.1) is 0 Å². The molecule has 2 aromatic rings. The van der Waals surface area contributed by atoms with E-state index in [0.717, 1.165) is 37.1 Å². The number of para-hydroxylation sites is 1. The van der Waals surface area contributed by atoms with Crippen LogP contribution in [0, 0.1) is 13.8 Å². The quantitative estimate of drug-likeness (QED) is 0.281. The Hall–Kier alpha value is -2.86. The fourth-order valence-electron chi connectivity index (χ4n) is 2.98. The first kappa shape index (κ1) is 21.4. The molecule has 2 aromatic carbocycles. The molecule has 0 aliphatic heterocycles. The van der Waals surface area contributed by atoms with Gasteiger partial charge < -0.3 is 10.6 Å². The second-order valence-corrected chi connectivity index (χ2v) is 6.92. The maximum Gasteiger partial charge on any atom is 0.251 e. The molecular weight excluding hydrogens is 354 g/mol. The average molecular weight is 383 g/mol. The summed E-state index contributed by atoms with van der Waals surface area (Å²) in [5.74, 6) is -0.442. The number of carbonyl (C=O) groups excluding carboxylic acids is 2. The molecule has 2 rings (SSSR count). The predicted octanol–water partition coefficient (Wildman–Crippen LogP) is 4.23. The molecule has 0 aliphatic carbocycles. The van der Waals surface area contributed by atoms with Crippen molar-refractivity contribution in [2.75, 3.05) is 11.9 Å². The summed E-state index contributed by atoms with van der Waals surface area (Å²) in [4.78, 5) is 23.1. The van der Waals surface area contributed by atoms with Crippen LogP contribution in [-0.4, -0.2) is 23.6 Å². The van der Waals surface area contributed by atoms with Crippen LogP contribution in [0.25, 0.3) is 0 Å². The third-order valence-electron chi connectivity index (χ3n) is 4.64. The van der Waals surface area contributed by atoms with Gasteiger partial charge in [0.2, 0.25) is 5.91 Å². The Morgan fingerprint density at radius 3 is 2.18 bits per heavy atom. The summed E-state index contributed by atoms with van der Waals surface area (Å²) in [6.07, 6.45) is 3.73.